The maximum absolute atomic E-state index is 14.6. The van der Waals surface area contributed by atoms with Crippen LogP contribution in [0.1, 0.15) is 28.8 Å². The van der Waals surface area contributed by atoms with Crippen molar-refractivity contribution in [1.82, 2.24) is 19.8 Å². The summed E-state index contributed by atoms with van der Waals surface area (Å²) in [6.45, 7) is 1.69. The Kier molecular flexibility index (Phi) is 4.58. The van der Waals surface area contributed by atoms with Crippen LogP contribution in [0.3, 0.4) is 0 Å². The number of hydrogen-bond acceptors (Lipinski definition) is 5. The molecule has 156 valence electrons. The molecule has 3 aromatic heterocycles. The van der Waals surface area contributed by atoms with E-state index in [1.807, 2.05) is 0 Å². The SMILES string of the molecule is Cc1cc(F)c(-c2ccc(OC3CC3)nn2)cc1NC(=O)c1cnn2cc(F)ccc12. The van der Waals surface area contributed by atoms with Crippen LogP contribution in [0.25, 0.3) is 16.8 Å². The molecular formula is C22H17F2N5O2. The average Bonchev–Trinajstić information content (AvgIpc) is 3.46. The number of nitrogens with one attached hydrogen (secondary N) is 1. The number of benzene rings is 1. The average molecular weight is 421 g/mol. The molecule has 0 aliphatic heterocycles. The monoisotopic (exact) mass is 421 g/mol. The predicted molar refractivity (Wildman–Crippen MR) is 109 cm³/mol. The maximum Gasteiger partial charge on any atom is 0.259 e. The van der Waals surface area contributed by atoms with E-state index in [0.717, 1.165) is 12.8 Å². The molecule has 0 radical (unpaired) electrons. The van der Waals surface area contributed by atoms with E-state index in [-0.39, 0.29) is 17.2 Å². The van der Waals surface area contributed by atoms with Crippen molar-refractivity contribution >= 4 is 17.1 Å². The summed E-state index contributed by atoms with van der Waals surface area (Å²) in [5.74, 6) is -0.985. The third kappa shape index (κ3) is 3.81. The van der Waals surface area contributed by atoms with Crippen LogP contribution in [-0.4, -0.2) is 31.8 Å². The van der Waals surface area contributed by atoms with Gasteiger partial charge in [-0.1, -0.05) is 0 Å². The molecule has 1 fully saturated rings. The molecule has 3 heterocycles. The lowest BCUT2D eigenvalue weighted by Crippen LogP contribution is -2.13. The number of hydrogen-bond donors (Lipinski definition) is 1. The van der Waals surface area contributed by atoms with Crippen LogP contribution >= 0.6 is 0 Å². The zero-order chi connectivity index (χ0) is 21.5. The third-order valence-corrected chi connectivity index (χ3v) is 5.01. The van der Waals surface area contributed by atoms with E-state index in [1.165, 1.54) is 41.2 Å². The van der Waals surface area contributed by atoms with E-state index in [1.54, 1.807) is 19.1 Å². The lowest BCUT2D eigenvalue weighted by molar-refractivity contribution is 0.102. The Hall–Kier alpha value is -3.88. The van der Waals surface area contributed by atoms with Crippen molar-refractivity contribution in [2.24, 2.45) is 0 Å². The van der Waals surface area contributed by atoms with Crippen LogP contribution in [0.15, 0.2) is 48.8 Å². The van der Waals surface area contributed by atoms with Gasteiger partial charge in [0.05, 0.1) is 29.2 Å². The zero-order valence-corrected chi connectivity index (χ0v) is 16.5. The van der Waals surface area contributed by atoms with Crippen molar-refractivity contribution in [2.75, 3.05) is 5.32 Å². The highest BCUT2D eigenvalue weighted by Crippen LogP contribution is 2.30. The first-order valence-electron chi connectivity index (χ1n) is 9.73. The van der Waals surface area contributed by atoms with Gasteiger partial charge >= 0.3 is 0 Å². The second-order valence-corrected chi connectivity index (χ2v) is 7.41. The number of carbonyl (C=O) groups excluding carboxylic acids is 1. The van der Waals surface area contributed by atoms with Gasteiger partial charge in [0, 0.05) is 17.3 Å². The van der Waals surface area contributed by atoms with E-state index >= 15 is 0 Å². The Morgan fingerprint density at radius 1 is 1.16 bits per heavy atom. The number of pyridine rings is 1. The summed E-state index contributed by atoms with van der Waals surface area (Å²) >= 11 is 0. The van der Waals surface area contributed by atoms with Gasteiger partial charge in [0.15, 0.2) is 0 Å². The molecule has 4 aromatic rings. The first-order valence-corrected chi connectivity index (χ1v) is 9.73. The molecule has 1 N–H and O–H groups in total. The van der Waals surface area contributed by atoms with E-state index in [2.05, 4.69) is 20.6 Å². The summed E-state index contributed by atoms with van der Waals surface area (Å²) in [5, 5.41) is 14.8. The Morgan fingerprint density at radius 2 is 2.00 bits per heavy atom. The van der Waals surface area contributed by atoms with Gasteiger partial charge in [-0.15, -0.1) is 10.2 Å². The summed E-state index contributed by atoms with van der Waals surface area (Å²) < 4.78 is 34.9. The van der Waals surface area contributed by atoms with Crippen LogP contribution in [0.5, 0.6) is 5.88 Å². The summed E-state index contributed by atoms with van der Waals surface area (Å²) in [6, 6.07) is 8.84. The van der Waals surface area contributed by atoms with Crippen LogP contribution in [-0.2, 0) is 0 Å². The van der Waals surface area contributed by atoms with Crippen LogP contribution in [0, 0.1) is 18.6 Å². The summed E-state index contributed by atoms with van der Waals surface area (Å²) in [7, 11) is 0. The lowest BCUT2D eigenvalue weighted by atomic mass is 10.1. The summed E-state index contributed by atoms with van der Waals surface area (Å²) in [5.41, 5.74) is 2.21. The number of aryl methyl sites for hydroxylation is 1. The van der Waals surface area contributed by atoms with Gasteiger partial charge in [-0.2, -0.15) is 5.10 Å². The van der Waals surface area contributed by atoms with Crippen molar-refractivity contribution in [1.29, 1.82) is 0 Å². The van der Waals surface area contributed by atoms with Crippen molar-refractivity contribution in [3.05, 3.63) is 71.6 Å². The number of nitrogens with zero attached hydrogens (tertiary/aromatic N) is 4. The smallest absolute Gasteiger partial charge is 0.259 e. The molecule has 1 saturated carbocycles. The van der Waals surface area contributed by atoms with Gasteiger partial charge in [-0.3, -0.25) is 4.79 Å². The van der Waals surface area contributed by atoms with Crippen LogP contribution in [0.2, 0.25) is 0 Å². The molecule has 9 heteroatoms. The van der Waals surface area contributed by atoms with Gasteiger partial charge in [-0.05, 0) is 55.7 Å². The number of halogens is 2. The molecule has 1 aromatic carbocycles. The Morgan fingerprint density at radius 3 is 2.74 bits per heavy atom. The molecule has 5 rings (SSSR count). The van der Waals surface area contributed by atoms with Crippen molar-refractivity contribution in [3.63, 3.8) is 0 Å². The molecule has 0 unspecified atom stereocenters. The Labute approximate surface area is 175 Å². The lowest BCUT2D eigenvalue weighted by Gasteiger charge is -2.11. The fourth-order valence-electron chi connectivity index (χ4n) is 3.21. The number of ether oxygens (including phenoxy) is 1. The molecule has 0 atom stereocenters. The molecule has 0 bridgehead atoms. The second kappa shape index (κ2) is 7.42. The number of carbonyl (C=O) groups is 1. The minimum absolute atomic E-state index is 0.189. The van der Waals surface area contributed by atoms with E-state index in [9.17, 15) is 13.6 Å². The summed E-state index contributed by atoms with van der Waals surface area (Å²) in [6.07, 6.45) is 4.73. The van der Waals surface area contributed by atoms with Crippen LogP contribution in [0.4, 0.5) is 14.5 Å². The largest absolute Gasteiger partial charge is 0.473 e. The van der Waals surface area contributed by atoms with E-state index in [4.69, 9.17) is 4.74 Å². The normalized spacial score (nSPS) is 13.4. The van der Waals surface area contributed by atoms with Gasteiger partial charge in [-0.25, -0.2) is 13.3 Å². The van der Waals surface area contributed by atoms with Gasteiger partial charge < -0.3 is 10.1 Å². The second-order valence-electron chi connectivity index (χ2n) is 7.41. The predicted octanol–water partition coefficient (Wildman–Crippen LogP) is 4.17. The minimum atomic E-state index is -0.480. The van der Waals surface area contributed by atoms with E-state index < -0.39 is 17.5 Å². The van der Waals surface area contributed by atoms with Gasteiger partial charge in [0.2, 0.25) is 5.88 Å². The number of aromatic nitrogens is 4. The Bertz CT molecular complexity index is 1300. The first-order chi connectivity index (χ1) is 15.0. The standard InChI is InChI=1S/C22H17F2N5O2/c1-12-8-17(24)15(18-5-7-21(28-27-18)31-14-3-4-14)9-19(12)26-22(30)16-10-25-29-11-13(23)2-6-20(16)29/h2,5-11,14H,3-4H2,1H3,(H,26,30). The van der Waals surface area contributed by atoms with E-state index in [0.29, 0.717) is 28.3 Å². The number of anilines is 1. The molecule has 0 saturated heterocycles. The minimum Gasteiger partial charge on any atom is -0.473 e. The Balaban J connectivity index is 1.43. The zero-order valence-electron chi connectivity index (χ0n) is 16.5. The maximum atomic E-state index is 14.6. The molecule has 1 aliphatic carbocycles. The molecule has 1 aliphatic rings. The fraction of sp³-hybridized carbons (Fsp3) is 0.182. The topological polar surface area (TPSA) is 81.4 Å². The van der Waals surface area contributed by atoms with Gasteiger partial charge in [0.1, 0.15) is 17.7 Å². The van der Waals surface area contributed by atoms with Gasteiger partial charge in [0.25, 0.3) is 5.91 Å². The molecule has 7 nitrogen and oxygen atoms in total. The van der Waals surface area contributed by atoms with Crippen LogP contribution < -0.4 is 10.1 Å². The highest BCUT2D eigenvalue weighted by Gasteiger charge is 2.24. The third-order valence-electron chi connectivity index (χ3n) is 5.01. The number of rotatable bonds is 5. The first kappa shape index (κ1) is 19.1. The number of fused-ring (bicyclic) bond motifs is 1. The molecule has 0 spiro atoms. The molecule has 1 amide bonds. The van der Waals surface area contributed by atoms with Crippen molar-refractivity contribution in [2.45, 2.75) is 25.9 Å². The van der Waals surface area contributed by atoms with Crippen molar-refractivity contribution in [3.8, 4) is 17.1 Å². The number of amides is 1. The van der Waals surface area contributed by atoms with Crippen molar-refractivity contribution < 1.29 is 18.3 Å². The highest BCUT2D eigenvalue weighted by atomic mass is 19.1. The fourth-order valence-corrected chi connectivity index (χ4v) is 3.21. The quantitative estimate of drug-likeness (QED) is 0.523. The molecule has 31 heavy (non-hydrogen) atoms. The highest BCUT2D eigenvalue weighted by molar-refractivity contribution is 6.09. The summed E-state index contributed by atoms with van der Waals surface area (Å²) in [4.78, 5) is 12.8. The molecular weight excluding hydrogens is 404 g/mol.